The Hall–Kier alpha value is -1.58. The van der Waals surface area contributed by atoms with Gasteiger partial charge in [-0.1, -0.05) is 75.7 Å². The van der Waals surface area contributed by atoms with Crippen molar-refractivity contribution in [2.75, 3.05) is 13.2 Å². The molecule has 0 saturated heterocycles. The third-order valence-corrected chi connectivity index (χ3v) is 5.06. The molecule has 4 nitrogen and oxygen atoms in total. The highest BCUT2D eigenvalue weighted by atomic mass is 16.5. The first-order chi connectivity index (χ1) is 14.7. The molecule has 0 spiro atoms. The summed E-state index contributed by atoms with van der Waals surface area (Å²) < 4.78 is 10.4. The predicted molar refractivity (Wildman–Crippen MR) is 125 cm³/mol. The number of hydrogen-bond acceptors (Lipinski definition) is 4. The van der Waals surface area contributed by atoms with Gasteiger partial charge in [0.1, 0.15) is 0 Å². The minimum absolute atomic E-state index is 0.121. The molecule has 0 rings (SSSR count). The number of esters is 2. The molecule has 0 aromatic heterocycles. The summed E-state index contributed by atoms with van der Waals surface area (Å²) in [5.41, 5.74) is 0. The van der Waals surface area contributed by atoms with E-state index in [-0.39, 0.29) is 24.8 Å². The minimum atomic E-state index is -0.295. The molecule has 4 heteroatoms. The van der Waals surface area contributed by atoms with Crippen LogP contribution in [-0.2, 0) is 19.1 Å². The molecule has 0 saturated carbocycles. The van der Waals surface area contributed by atoms with Crippen LogP contribution in [0.2, 0.25) is 0 Å². The molecule has 0 aromatic carbocycles. The number of unbranched alkanes of at least 4 members (excludes halogenated alkanes) is 12. The lowest BCUT2D eigenvalue weighted by Gasteiger charge is -2.06. The molecule has 174 valence electrons. The van der Waals surface area contributed by atoms with Crippen LogP contribution in [0.4, 0.5) is 0 Å². The van der Waals surface area contributed by atoms with Gasteiger partial charge < -0.3 is 9.47 Å². The number of ether oxygens (including phenoxy) is 2. The highest BCUT2D eigenvalue weighted by molar-refractivity contribution is 5.77. The number of carbonyl (C=O) groups excluding carboxylic acids is 2. The maximum absolute atomic E-state index is 11.7. The molecule has 0 heterocycles. The number of hydrogen-bond donors (Lipinski definition) is 0. The van der Waals surface area contributed by atoms with E-state index in [4.69, 9.17) is 9.47 Å². The van der Waals surface area contributed by atoms with Gasteiger partial charge in [0.25, 0.3) is 0 Å². The fourth-order valence-corrected chi connectivity index (χ4v) is 3.20. The van der Waals surface area contributed by atoms with E-state index in [0.717, 1.165) is 25.7 Å². The number of allylic oxidation sites excluding steroid dienone is 4. The van der Waals surface area contributed by atoms with Gasteiger partial charge in [-0.15, -0.1) is 0 Å². The zero-order valence-electron chi connectivity index (χ0n) is 19.7. The van der Waals surface area contributed by atoms with E-state index in [0.29, 0.717) is 13.2 Å². The molecule has 0 atom stereocenters. The van der Waals surface area contributed by atoms with E-state index in [2.05, 4.69) is 38.2 Å². The van der Waals surface area contributed by atoms with Crippen LogP contribution in [0, 0.1) is 0 Å². The molecular weight excluding hydrogens is 376 g/mol. The Balaban J connectivity index is 3.34. The quantitative estimate of drug-likeness (QED) is 0.109. The van der Waals surface area contributed by atoms with Gasteiger partial charge in [-0.05, 0) is 52.4 Å². The highest BCUT2D eigenvalue weighted by Crippen LogP contribution is 2.09. The first-order valence-corrected chi connectivity index (χ1v) is 12.2. The molecule has 0 aliphatic heterocycles. The lowest BCUT2D eigenvalue weighted by molar-refractivity contribution is -0.150. The smallest absolute Gasteiger partial charge is 0.306 e. The van der Waals surface area contributed by atoms with Crippen LogP contribution >= 0.6 is 0 Å². The Bertz CT molecular complexity index is 412. The number of carbonyl (C=O) groups is 2. The maximum atomic E-state index is 11.7. The molecule has 30 heavy (non-hydrogen) atoms. The lowest BCUT2D eigenvalue weighted by Crippen LogP contribution is -2.11. The largest absolute Gasteiger partial charge is 0.466 e. The van der Waals surface area contributed by atoms with Crippen LogP contribution in [0.25, 0.3) is 0 Å². The van der Waals surface area contributed by atoms with Gasteiger partial charge >= 0.3 is 11.9 Å². The van der Waals surface area contributed by atoms with Gasteiger partial charge in [-0.25, -0.2) is 0 Å². The molecule has 0 bridgehead atoms. The fourth-order valence-electron chi connectivity index (χ4n) is 3.20. The second-order valence-corrected chi connectivity index (χ2v) is 7.90. The maximum Gasteiger partial charge on any atom is 0.306 e. The SMILES string of the molecule is C/C=C/CCCCCCCCOC(=O)CCC(=O)OCCCCCCCC/C=C/C. The molecular formula is C26H46O4. The third-order valence-electron chi connectivity index (χ3n) is 5.06. The van der Waals surface area contributed by atoms with Gasteiger partial charge in [0, 0.05) is 0 Å². The summed E-state index contributed by atoms with van der Waals surface area (Å²) in [6, 6.07) is 0. The van der Waals surface area contributed by atoms with Crippen LogP contribution in [-0.4, -0.2) is 25.2 Å². The van der Waals surface area contributed by atoms with Crippen molar-refractivity contribution in [3.63, 3.8) is 0 Å². The summed E-state index contributed by atoms with van der Waals surface area (Å²) in [6.45, 7) is 5.03. The Morgan fingerprint density at radius 2 is 0.867 bits per heavy atom. The molecule has 0 fully saturated rings. The van der Waals surface area contributed by atoms with E-state index < -0.39 is 0 Å². The van der Waals surface area contributed by atoms with Crippen LogP contribution in [0.5, 0.6) is 0 Å². The predicted octanol–water partition coefficient (Wildman–Crippen LogP) is 7.47. The monoisotopic (exact) mass is 422 g/mol. The van der Waals surface area contributed by atoms with Crippen LogP contribution in [0.1, 0.15) is 117 Å². The van der Waals surface area contributed by atoms with Crippen molar-refractivity contribution in [2.24, 2.45) is 0 Å². The van der Waals surface area contributed by atoms with E-state index in [1.165, 1.54) is 64.2 Å². The Morgan fingerprint density at radius 3 is 1.23 bits per heavy atom. The van der Waals surface area contributed by atoms with Gasteiger partial charge in [0.05, 0.1) is 26.1 Å². The van der Waals surface area contributed by atoms with Gasteiger partial charge in [0.15, 0.2) is 0 Å². The molecule has 0 unspecified atom stereocenters. The van der Waals surface area contributed by atoms with Crippen molar-refractivity contribution in [3.05, 3.63) is 24.3 Å². The standard InChI is InChI=1S/C26H46O4/c1-3-5-7-9-11-13-15-17-19-23-29-25(27)21-22-26(28)30-24-20-18-16-14-12-10-8-6-4-2/h3-6H,7-24H2,1-2H3/b5-3+,6-4+. The van der Waals surface area contributed by atoms with Crippen molar-refractivity contribution >= 4 is 11.9 Å². The second-order valence-electron chi connectivity index (χ2n) is 7.90. The van der Waals surface area contributed by atoms with Crippen LogP contribution < -0.4 is 0 Å². The minimum Gasteiger partial charge on any atom is -0.466 e. The van der Waals surface area contributed by atoms with Crippen molar-refractivity contribution in [2.45, 2.75) is 117 Å². The first-order valence-electron chi connectivity index (χ1n) is 12.2. The molecule has 0 amide bonds. The molecule has 0 aromatic rings. The van der Waals surface area contributed by atoms with E-state index in [1.54, 1.807) is 0 Å². The first kappa shape index (κ1) is 28.4. The Labute approximate surface area is 185 Å². The van der Waals surface area contributed by atoms with Gasteiger partial charge in [-0.2, -0.15) is 0 Å². The summed E-state index contributed by atoms with van der Waals surface area (Å²) >= 11 is 0. The van der Waals surface area contributed by atoms with Crippen LogP contribution in [0.3, 0.4) is 0 Å². The summed E-state index contributed by atoms with van der Waals surface area (Å²) in [5.74, 6) is -0.590. The van der Waals surface area contributed by atoms with Crippen molar-refractivity contribution in [3.8, 4) is 0 Å². The van der Waals surface area contributed by atoms with Crippen molar-refractivity contribution in [1.29, 1.82) is 0 Å². The normalized spacial score (nSPS) is 11.4. The fraction of sp³-hybridized carbons (Fsp3) is 0.769. The van der Waals surface area contributed by atoms with Gasteiger partial charge in [0.2, 0.25) is 0 Å². The molecule has 0 N–H and O–H groups in total. The van der Waals surface area contributed by atoms with E-state index in [1.807, 2.05) is 0 Å². The lowest BCUT2D eigenvalue weighted by atomic mass is 10.1. The molecule has 0 aliphatic rings. The average molecular weight is 423 g/mol. The number of rotatable bonds is 21. The zero-order chi connectivity index (χ0) is 22.1. The van der Waals surface area contributed by atoms with Crippen molar-refractivity contribution in [1.82, 2.24) is 0 Å². The Kier molecular flexibility index (Phi) is 22.4. The molecule has 0 aliphatic carbocycles. The van der Waals surface area contributed by atoms with E-state index in [9.17, 15) is 9.59 Å². The second kappa shape index (κ2) is 23.7. The summed E-state index contributed by atoms with van der Waals surface area (Å²) in [6.07, 6.45) is 25.1. The highest BCUT2D eigenvalue weighted by Gasteiger charge is 2.09. The summed E-state index contributed by atoms with van der Waals surface area (Å²) in [7, 11) is 0. The summed E-state index contributed by atoms with van der Waals surface area (Å²) in [4.78, 5) is 23.4. The Morgan fingerprint density at radius 1 is 0.533 bits per heavy atom. The summed E-state index contributed by atoms with van der Waals surface area (Å²) in [5, 5.41) is 0. The van der Waals surface area contributed by atoms with Gasteiger partial charge in [-0.3, -0.25) is 9.59 Å². The average Bonchev–Trinajstić information content (AvgIpc) is 2.75. The topological polar surface area (TPSA) is 52.6 Å². The zero-order valence-corrected chi connectivity index (χ0v) is 19.7. The third kappa shape index (κ3) is 22.7. The van der Waals surface area contributed by atoms with Crippen LogP contribution in [0.15, 0.2) is 24.3 Å². The van der Waals surface area contributed by atoms with E-state index >= 15 is 0 Å². The van der Waals surface area contributed by atoms with Crippen molar-refractivity contribution < 1.29 is 19.1 Å². The molecule has 0 radical (unpaired) electrons.